The molecule has 1 aromatic heterocycles. The summed E-state index contributed by atoms with van der Waals surface area (Å²) in [6, 6.07) is 2.53. The fourth-order valence-corrected chi connectivity index (χ4v) is 1.69. The largest absolute Gasteiger partial charge is 0.383 e. The summed E-state index contributed by atoms with van der Waals surface area (Å²) in [5, 5.41) is 13.6. The number of hydrogen-bond donors (Lipinski definition) is 2. The topological polar surface area (TPSA) is 114 Å². The van der Waals surface area contributed by atoms with Crippen molar-refractivity contribution in [2.24, 2.45) is 0 Å². The average molecular weight is 281 g/mol. The minimum atomic E-state index is -0.538. The number of nitrogen functional groups attached to an aromatic ring is 1. The van der Waals surface area contributed by atoms with Crippen molar-refractivity contribution in [3.8, 4) is 0 Å². The van der Waals surface area contributed by atoms with Crippen LogP contribution < -0.4 is 16.0 Å². The normalized spacial score (nSPS) is 10.4. The molecule has 1 amide bonds. The highest BCUT2D eigenvalue weighted by Crippen LogP contribution is 2.21. The molecule has 0 spiro atoms. The standard InChI is InChI=1S/C12H19N5O3/c1-4-16(7-12(18)14-8(2)3)11-6-9(17(19)20)5-10(13)15-11/h5-6,8H,4,7H2,1-3H3,(H2,13,15)(H,14,18). The lowest BCUT2D eigenvalue weighted by molar-refractivity contribution is -0.384. The van der Waals surface area contributed by atoms with Crippen LogP contribution in [-0.2, 0) is 4.79 Å². The smallest absolute Gasteiger partial charge is 0.276 e. The summed E-state index contributed by atoms with van der Waals surface area (Å²) in [5.74, 6) is 0.198. The minimum absolute atomic E-state index is 0.0318. The van der Waals surface area contributed by atoms with E-state index in [0.717, 1.165) is 0 Å². The first-order valence-electron chi connectivity index (χ1n) is 6.29. The number of nitrogens with zero attached hydrogens (tertiary/aromatic N) is 3. The minimum Gasteiger partial charge on any atom is -0.383 e. The summed E-state index contributed by atoms with van der Waals surface area (Å²) >= 11 is 0. The van der Waals surface area contributed by atoms with Gasteiger partial charge < -0.3 is 16.0 Å². The van der Waals surface area contributed by atoms with Crippen LogP contribution in [0.15, 0.2) is 12.1 Å². The average Bonchev–Trinajstić information content (AvgIpc) is 2.34. The molecular formula is C12H19N5O3. The third-order valence-electron chi connectivity index (χ3n) is 2.52. The Bertz CT molecular complexity index is 504. The summed E-state index contributed by atoms with van der Waals surface area (Å²) < 4.78 is 0. The number of amides is 1. The van der Waals surface area contributed by atoms with Gasteiger partial charge in [0.25, 0.3) is 5.69 Å². The van der Waals surface area contributed by atoms with Crippen LogP contribution in [0.1, 0.15) is 20.8 Å². The van der Waals surface area contributed by atoms with Crippen LogP contribution in [0.3, 0.4) is 0 Å². The molecule has 0 aliphatic heterocycles. The molecule has 1 heterocycles. The molecule has 0 radical (unpaired) electrons. The van der Waals surface area contributed by atoms with Crippen molar-refractivity contribution in [2.75, 3.05) is 23.7 Å². The Hall–Kier alpha value is -2.38. The van der Waals surface area contributed by atoms with Gasteiger partial charge in [-0.1, -0.05) is 0 Å². The number of nitro groups is 1. The molecule has 0 bridgehead atoms. The van der Waals surface area contributed by atoms with Gasteiger partial charge in [-0.15, -0.1) is 0 Å². The Morgan fingerprint density at radius 2 is 2.20 bits per heavy atom. The van der Waals surface area contributed by atoms with Crippen molar-refractivity contribution in [2.45, 2.75) is 26.8 Å². The maximum Gasteiger partial charge on any atom is 0.276 e. The van der Waals surface area contributed by atoms with Crippen LogP contribution in [0.5, 0.6) is 0 Å². The van der Waals surface area contributed by atoms with Crippen molar-refractivity contribution in [1.29, 1.82) is 0 Å². The van der Waals surface area contributed by atoms with E-state index >= 15 is 0 Å². The van der Waals surface area contributed by atoms with Crippen molar-refractivity contribution in [3.63, 3.8) is 0 Å². The highest BCUT2D eigenvalue weighted by atomic mass is 16.6. The molecule has 0 fully saturated rings. The molecule has 110 valence electrons. The zero-order valence-electron chi connectivity index (χ0n) is 11.8. The van der Waals surface area contributed by atoms with Gasteiger partial charge in [0.1, 0.15) is 11.6 Å². The van der Waals surface area contributed by atoms with Crippen molar-refractivity contribution in [3.05, 3.63) is 22.2 Å². The molecule has 0 aliphatic carbocycles. The molecule has 8 nitrogen and oxygen atoms in total. The Morgan fingerprint density at radius 1 is 1.55 bits per heavy atom. The van der Waals surface area contributed by atoms with Crippen molar-refractivity contribution in [1.82, 2.24) is 10.3 Å². The van der Waals surface area contributed by atoms with E-state index in [4.69, 9.17) is 5.73 Å². The third-order valence-corrected chi connectivity index (χ3v) is 2.52. The maximum absolute atomic E-state index is 11.8. The molecule has 0 aromatic carbocycles. The van der Waals surface area contributed by atoms with E-state index in [1.165, 1.54) is 12.1 Å². The number of nitrogens with one attached hydrogen (secondary N) is 1. The van der Waals surface area contributed by atoms with E-state index < -0.39 is 4.92 Å². The van der Waals surface area contributed by atoms with Crippen LogP contribution in [-0.4, -0.2) is 34.9 Å². The number of nitrogens with two attached hydrogens (primary N) is 1. The molecule has 0 atom stereocenters. The van der Waals surface area contributed by atoms with Crippen molar-refractivity contribution >= 4 is 23.2 Å². The molecule has 1 aromatic rings. The Labute approximate surface area is 117 Å². The predicted octanol–water partition coefficient (Wildman–Crippen LogP) is 0.923. The van der Waals surface area contributed by atoms with Gasteiger partial charge in [0.05, 0.1) is 23.6 Å². The molecular weight excluding hydrogens is 262 g/mol. The number of rotatable bonds is 6. The van der Waals surface area contributed by atoms with Crippen LogP contribution in [0.25, 0.3) is 0 Å². The molecule has 0 saturated heterocycles. The third kappa shape index (κ3) is 4.38. The Kier molecular flexibility index (Phi) is 5.24. The summed E-state index contributed by atoms with van der Waals surface area (Å²) in [4.78, 5) is 27.7. The predicted molar refractivity (Wildman–Crippen MR) is 76.5 cm³/mol. The van der Waals surface area contributed by atoms with E-state index in [9.17, 15) is 14.9 Å². The second-order valence-electron chi connectivity index (χ2n) is 4.60. The Morgan fingerprint density at radius 3 is 2.70 bits per heavy atom. The van der Waals surface area contributed by atoms with Crippen LogP contribution in [0, 0.1) is 10.1 Å². The first-order chi connectivity index (χ1) is 9.33. The molecule has 0 aliphatic rings. The maximum atomic E-state index is 11.8. The zero-order valence-corrected chi connectivity index (χ0v) is 11.8. The Balaban J connectivity index is 2.94. The first kappa shape index (κ1) is 15.7. The molecule has 3 N–H and O–H groups in total. The van der Waals surface area contributed by atoms with Gasteiger partial charge in [-0.2, -0.15) is 0 Å². The molecule has 20 heavy (non-hydrogen) atoms. The second kappa shape index (κ2) is 6.69. The lowest BCUT2D eigenvalue weighted by Gasteiger charge is -2.22. The quantitative estimate of drug-likeness (QED) is 0.592. The van der Waals surface area contributed by atoms with Gasteiger partial charge in [-0.25, -0.2) is 4.98 Å². The van der Waals surface area contributed by atoms with E-state index in [0.29, 0.717) is 12.4 Å². The second-order valence-corrected chi connectivity index (χ2v) is 4.60. The van der Waals surface area contributed by atoms with Crippen LogP contribution in [0.2, 0.25) is 0 Å². The lowest BCUT2D eigenvalue weighted by Crippen LogP contribution is -2.40. The summed E-state index contributed by atoms with van der Waals surface area (Å²) in [7, 11) is 0. The summed E-state index contributed by atoms with van der Waals surface area (Å²) in [6.45, 7) is 6.11. The fourth-order valence-electron chi connectivity index (χ4n) is 1.69. The van der Waals surface area contributed by atoms with E-state index in [-0.39, 0.29) is 30.0 Å². The highest BCUT2D eigenvalue weighted by molar-refractivity contribution is 5.81. The lowest BCUT2D eigenvalue weighted by atomic mass is 10.3. The number of hydrogen-bond acceptors (Lipinski definition) is 6. The number of likely N-dealkylation sites (N-methyl/N-ethyl adjacent to an activating group) is 1. The molecule has 1 rings (SSSR count). The summed E-state index contributed by atoms with van der Waals surface area (Å²) in [6.07, 6.45) is 0. The van der Waals surface area contributed by atoms with Gasteiger partial charge in [0, 0.05) is 12.6 Å². The fraction of sp³-hybridized carbons (Fsp3) is 0.500. The van der Waals surface area contributed by atoms with E-state index in [1.807, 2.05) is 20.8 Å². The highest BCUT2D eigenvalue weighted by Gasteiger charge is 2.16. The van der Waals surface area contributed by atoms with Gasteiger partial charge in [0.15, 0.2) is 0 Å². The number of carbonyl (C=O) groups is 1. The van der Waals surface area contributed by atoms with Gasteiger partial charge in [0.2, 0.25) is 5.91 Å². The number of pyridine rings is 1. The van der Waals surface area contributed by atoms with Crippen molar-refractivity contribution < 1.29 is 9.72 Å². The molecule has 0 unspecified atom stereocenters. The monoisotopic (exact) mass is 281 g/mol. The number of carbonyl (C=O) groups excluding carboxylic acids is 1. The van der Waals surface area contributed by atoms with Gasteiger partial charge in [-0.3, -0.25) is 14.9 Å². The molecule has 8 heteroatoms. The first-order valence-corrected chi connectivity index (χ1v) is 6.29. The zero-order chi connectivity index (χ0) is 15.3. The molecule has 0 saturated carbocycles. The number of anilines is 2. The van der Waals surface area contributed by atoms with Crippen LogP contribution >= 0.6 is 0 Å². The van der Waals surface area contributed by atoms with Gasteiger partial charge >= 0.3 is 0 Å². The van der Waals surface area contributed by atoms with E-state index in [2.05, 4.69) is 10.3 Å². The summed E-state index contributed by atoms with van der Waals surface area (Å²) in [5.41, 5.74) is 5.42. The number of aromatic nitrogens is 1. The van der Waals surface area contributed by atoms with Crippen LogP contribution in [0.4, 0.5) is 17.3 Å². The SMILES string of the molecule is CCN(CC(=O)NC(C)C)c1cc([N+](=O)[O-])cc(N)n1. The van der Waals surface area contributed by atoms with E-state index in [1.54, 1.807) is 4.90 Å². The van der Waals surface area contributed by atoms with Gasteiger partial charge in [-0.05, 0) is 20.8 Å².